The normalized spacial score (nSPS) is 13.4. The Hall–Kier alpha value is 0.0600. The largest absolute Gasteiger partial charge is 0.394 e. The number of nitrogens with zero attached hydrogens (tertiary/aromatic N) is 1. The summed E-state index contributed by atoms with van der Waals surface area (Å²) in [5, 5.41) is 14.7. The minimum atomic E-state index is 0.0410. The van der Waals surface area contributed by atoms with Crippen LogP contribution in [-0.4, -0.2) is 43.8 Å². The molecule has 0 aromatic carbocycles. The second-order valence-corrected chi connectivity index (χ2v) is 5.43. The lowest BCUT2D eigenvalue weighted by atomic mass is 10.2. The fourth-order valence-electron chi connectivity index (χ4n) is 1.26. The Labute approximate surface area is 103 Å². The van der Waals surface area contributed by atoms with E-state index in [2.05, 4.69) is 26.1 Å². The monoisotopic (exact) mass is 292 g/mol. The molecule has 0 amide bonds. The Morgan fingerprint density at radius 2 is 2.33 bits per heavy atom. The molecular weight excluding hydrogens is 276 g/mol. The zero-order valence-electron chi connectivity index (χ0n) is 9.03. The van der Waals surface area contributed by atoms with E-state index in [0.29, 0.717) is 0 Å². The third kappa shape index (κ3) is 4.20. The standard InChI is InChI=1S/C10H17BrN2OS/c1-13(2)5-4-12-9(7-14)10-8(11)3-6-15-10/h3,6,9,12,14H,4-5,7H2,1-2H3. The molecule has 1 atom stereocenters. The van der Waals surface area contributed by atoms with Crippen LogP contribution >= 0.6 is 27.3 Å². The number of nitrogens with one attached hydrogen (secondary N) is 1. The summed E-state index contributed by atoms with van der Waals surface area (Å²) in [6.45, 7) is 1.98. The first-order valence-electron chi connectivity index (χ1n) is 4.87. The summed E-state index contributed by atoms with van der Waals surface area (Å²) in [6, 6.07) is 2.05. The van der Waals surface area contributed by atoms with Gasteiger partial charge in [0, 0.05) is 22.4 Å². The molecule has 0 aliphatic carbocycles. The molecular formula is C10H17BrN2OS. The maximum atomic E-state index is 9.30. The fraction of sp³-hybridized carbons (Fsp3) is 0.600. The van der Waals surface area contributed by atoms with Crippen LogP contribution in [0.1, 0.15) is 10.9 Å². The van der Waals surface area contributed by atoms with Gasteiger partial charge in [0.05, 0.1) is 12.6 Å². The second kappa shape index (κ2) is 6.60. The van der Waals surface area contributed by atoms with Crippen molar-refractivity contribution in [2.45, 2.75) is 6.04 Å². The lowest BCUT2D eigenvalue weighted by molar-refractivity contribution is 0.242. The molecule has 2 N–H and O–H groups in total. The third-order valence-corrected chi connectivity index (χ3v) is 4.08. The van der Waals surface area contributed by atoms with E-state index in [1.165, 1.54) is 0 Å². The zero-order chi connectivity index (χ0) is 11.3. The van der Waals surface area contributed by atoms with E-state index in [0.717, 1.165) is 22.4 Å². The second-order valence-electron chi connectivity index (χ2n) is 3.63. The number of aliphatic hydroxyl groups excluding tert-OH is 1. The van der Waals surface area contributed by atoms with Gasteiger partial charge in [-0.25, -0.2) is 0 Å². The minimum absolute atomic E-state index is 0.0410. The molecule has 0 bridgehead atoms. The zero-order valence-corrected chi connectivity index (χ0v) is 11.4. The highest BCUT2D eigenvalue weighted by Crippen LogP contribution is 2.28. The lowest BCUT2D eigenvalue weighted by Gasteiger charge is -2.17. The number of rotatable bonds is 6. The Morgan fingerprint density at radius 3 is 2.80 bits per heavy atom. The topological polar surface area (TPSA) is 35.5 Å². The van der Waals surface area contributed by atoms with E-state index < -0.39 is 0 Å². The molecule has 0 spiro atoms. The minimum Gasteiger partial charge on any atom is -0.394 e. The molecule has 0 radical (unpaired) electrons. The maximum absolute atomic E-state index is 9.30. The van der Waals surface area contributed by atoms with Gasteiger partial charge in [-0.05, 0) is 41.5 Å². The first kappa shape index (κ1) is 13.1. The van der Waals surface area contributed by atoms with Crippen molar-refractivity contribution in [1.82, 2.24) is 10.2 Å². The molecule has 0 saturated heterocycles. The van der Waals surface area contributed by atoms with Gasteiger partial charge < -0.3 is 15.3 Å². The summed E-state index contributed by atoms with van der Waals surface area (Å²) in [6.07, 6.45) is 0. The molecule has 5 heteroatoms. The smallest absolute Gasteiger partial charge is 0.0661 e. The van der Waals surface area contributed by atoms with Crippen molar-refractivity contribution >= 4 is 27.3 Å². The Morgan fingerprint density at radius 1 is 1.60 bits per heavy atom. The van der Waals surface area contributed by atoms with Gasteiger partial charge in [0.25, 0.3) is 0 Å². The Bertz CT molecular complexity index is 291. The first-order valence-corrected chi connectivity index (χ1v) is 6.54. The highest BCUT2D eigenvalue weighted by molar-refractivity contribution is 9.10. The average molecular weight is 293 g/mol. The van der Waals surface area contributed by atoms with Gasteiger partial charge in [-0.1, -0.05) is 0 Å². The predicted molar refractivity (Wildman–Crippen MR) is 68.4 cm³/mol. The molecule has 1 heterocycles. The highest BCUT2D eigenvalue weighted by atomic mass is 79.9. The quantitative estimate of drug-likeness (QED) is 0.838. The third-order valence-electron chi connectivity index (χ3n) is 2.09. The molecule has 1 aromatic rings. The summed E-state index contributed by atoms with van der Waals surface area (Å²) in [5.74, 6) is 0. The summed E-state index contributed by atoms with van der Waals surface area (Å²) >= 11 is 5.14. The van der Waals surface area contributed by atoms with E-state index in [4.69, 9.17) is 0 Å². The van der Waals surface area contributed by atoms with Crippen LogP contribution in [0.3, 0.4) is 0 Å². The van der Waals surface area contributed by atoms with Crippen molar-refractivity contribution in [3.63, 3.8) is 0 Å². The fourth-order valence-corrected chi connectivity index (χ4v) is 2.97. The number of hydrogen-bond donors (Lipinski definition) is 2. The molecule has 0 fully saturated rings. The SMILES string of the molecule is CN(C)CCNC(CO)c1sccc1Br. The van der Waals surface area contributed by atoms with E-state index in [-0.39, 0.29) is 12.6 Å². The number of hydrogen-bond acceptors (Lipinski definition) is 4. The van der Waals surface area contributed by atoms with Gasteiger partial charge in [0.15, 0.2) is 0 Å². The van der Waals surface area contributed by atoms with Crippen molar-refractivity contribution in [3.05, 3.63) is 20.8 Å². The Balaban J connectivity index is 2.46. The molecule has 0 aliphatic rings. The van der Waals surface area contributed by atoms with Gasteiger partial charge >= 0.3 is 0 Å². The van der Waals surface area contributed by atoms with Crippen LogP contribution in [0.15, 0.2) is 15.9 Å². The molecule has 15 heavy (non-hydrogen) atoms. The van der Waals surface area contributed by atoms with Crippen molar-refractivity contribution in [2.75, 3.05) is 33.8 Å². The number of aliphatic hydroxyl groups is 1. The summed E-state index contributed by atoms with van der Waals surface area (Å²) < 4.78 is 1.07. The van der Waals surface area contributed by atoms with Gasteiger partial charge in [0.1, 0.15) is 0 Å². The van der Waals surface area contributed by atoms with Gasteiger partial charge in [0.2, 0.25) is 0 Å². The van der Waals surface area contributed by atoms with Crippen molar-refractivity contribution in [2.24, 2.45) is 0 Å². The first-order chi connectivity index (χ1) is 7.15. The lowest BCUT2D eigenvalue weighted by Crippen LogP contribution is -2.31. The van der Waals surface area contributed by atoms with E-state index >= 15 is 0 Å². The van der Waals surface area contributed by atoms with E-state index in [1.807, 2.05) is 25.5 Å². The molecule has 0 saturated carbocycles. The predicted octanol–water partition coefficient (Wildman–Crippen LogP) is 1.70. The molecule has 3 nitrogen and oxygen atoms in total. The van der Waals surface area contributed by atoms with Crippen LogP contribution in [0.5, 0.6) is 0 Å². The van der Waals surface area contributed by atoms with Crippen molar-refractivity contribution < 1.29 is 5.11 Å². The van der Waals surface area contributed by atoms with Crippen molar-refractivity contribution in [3.8, 4) is 0 Å². The summed E-state index contributed by atoms with van der Waals surface area (Å²) in [7, 11) is 4.08. The van der Waals surface area contributed by atoms with Crippen LogP contribution in [0.2, 0.25) is 0 Å². The van der Waals surface area contributed by atoms with Crippen LogP contribution in [-0.2, 0) is 0 Å². The van der Waals surface area contributed by atoms with Crippen LogP contribution in [0.4, 0.5) is 0 Å². The van der Waals surface area contributed by atoms with E-state index in [9.17, 15) is 5.11 Å². The molecule has 1 unspecified atom stereocenters. The summed E-state index contributed by atoms with van der Waals surface area (Å²) in [5.41, 5.74) is 0. The number of thiophene rings is 1. The van der Waals surface area contributed by atoms with Gasteiger partial charge in [-0.15, -0.1) is 11.3 Å². The molecule has 1 aromatic heterocycles. The van der Waals surface area contributed by atoms with Gasteiger partial charge in [-0.3, -0.25) is 0 Å². The van der Waals surface area contributed by atoms with Crippen molar-refractivity contribution in [1.29, 1.82) is 0 Å². The summed E-state index contributed by atoms with van der Waals surface area (Å²) in [4.78, 5) is 3.28. The molecule has 0 aliphatic heterocycles. The average Bonchev–Trinajstić information content (AvgIpc) is 2.59. The number of halogens is 1. The van der Waals surface area contributed by atoms with Crippen LogP contribution in [0, 0.1) is 0 Å². The van der Waals surface area contributed by atoms with E-state index in [1.54, 1.807) is 11.3 Å². The highest BCUT2D eigenvalue weighted by Gasteiger charge is 2.13. The molecule has 86 valence electrons. The van der Waals surface area contributed by atoms with Crippen LogP contribution < -0.4 is 5.32 Å². The van der Waals surface area contributed by atoms with Gasteiger partial charge in [-0.2, -0.15) is 0 Å². The Kier molecular flexibility index (Phi) is 5.78. The van der Waals surface area contributed by atoms with Crippen LogP contribution in [0.25, 0.3) is 0 Å². The molecule has 1 rings (SSSR count). The number of likely N-dealkylation sites (N-methyl/N-ethyl adjacent to an activating group) is 1. The maximum Gasteiger partial charge on any atom is 0.0661 e.